The van der Waals surface area contributed by atoms with E-state index >= 15 is 0 Å². The van der Waals surface area contributed by atoms with Crippen LogP contribution >= 0.6 is 11.6 Å². The molecule has 1 atom stereocenters. The van der Waals surface area contributed by atoms with Crippen molar-refractivity contribution < 1.29 is 33.3 Å². The van der Waals surface area contributed by atoms with Crippen molar-refractivity contribution in [3.63, 3.8) is 0 Å². The summed E-state index contributed by atoms with van der Waals surface area (Å²) in [5, 5.41) is 0.224. The average molecular weight is 373 g/mol. The van der Waals surface area contributed by atoms with E-state index in [0.29, 0.717) is 17.1 Å². The van der Waals surface area contributed by atoms with Crippen molar-refractivity contribution in [1.82, 2.24) is 0 Å². The molecule has 0 aliphatic rings. The Morgan fingerprint density at radius 2 is 1.84 bits per heavy atom. The van der Waals surface area contributed by atoms with Gasteiger partial charge in [0.2, 0.25) is 0 Å². The number of halogens is 1. The SMILES string of the molecule is C/C=C(/C(=O)OC)C(C(=O)OCOC)c1cc(Cl)c(OC)c(OC)c1. The molecule has 0 aliphatic carbocycles. The van der Waals surface area contributed by atoms with Crippen LogP contribution in [0.1, 0.15) is 18.4 Å². The molecule has 1 aromatic rings. The van der Waals surface area contributed by atoms with Crippen molar-refractivity contribution in [3.05, 3.63) is 34.4 Å². The van der Waals surface area contributed by atoms with Crippen molar-refractivity contribution in [3.8, 4) is 11.5 Å². The van der Waals surface area contributed by atoms with E-state index in [0.717, 1.165) is 0 Å². The van der Waals surface area contributed by atoms with E-state index in [-0.39, 0.29) is 17.4 Å². The highest BCUT2D eigenvalue weighted by molar-refractivity contribution is 6.32. The fourth-order valence-electron chi connectivity index (χ4n) is 2.27. The van der Waals surface area contributed by atoms with Gasteiger partial charge in [-0.25, -0.2) is 4.79 Å². The van der Waals surface area contributed by atoms with Crippen LogP contribution in [0.15, 0.2) is 23.8 Å². The number of carbonyl (C=O) groups excluding carboxylic acids is 2. The molecule has 0 spiro atoms. The minimum absolute atomic E-state index is 0.104. The fourth-order valence-corrected chi connectivity index (χ4v) is 2.56. The van der Waals surface area contributed by atoms with Crippen molar-refractivity contribution in [2.24, 2.45) is 0 Å². The first-order chi connectivity index (χ1) is 11.9. The Morgan fingerprint density at radius 3 is 2.32 bits per heavy atom. The number of carbonyl (C=O) groups is 2. The van der Waals surface area contributed by atoms with E-state index in [2.05, 4.69) is 0 Å². The molecule has 0 heterocycles. The van der Waals surface area contributed by atoms with Crippen LogP contribution in [0.3, 0.4) is 0 Å². The second-order valence-corrected chi connectivity index (χ2v) is 5.18. The first kappa shape index (κ1) is 20.8. The predicted molar refractivity (Wildman–Crippen MR) is 91.0 cm³/mol. The fraction of sp³-hybridized carbons (Fsp3) is 0.412. The Bertz CT molecular complexity index is 655. The third-order valence-electron chi connectivity index (χ3n) is 3.39. The molecule has 138 valence electrons. The average Bonchev–Trinajstić information content (AvgIpc) is 2.62. The summed E-state index contributed by atoms with van der Waals surface area (Å²) < 4.78 is 25.0. The molecule has 1 unspecified atom stereocenters. The molecule has 25 heavy (non-hydrogen) atoms. The Balaban J connectivity index is 3.49. The van der Waals surface area contributed by atoms with E-state index in [4.69, 9.17) is 35.3 Å². The van der Waals surface area contributed by atoms with Crippen LogP contribution in [0.2, 0.25) is 5.02 Å². The molecule has 0 saturated carbocycles. The van der Waals surface area contributed by atoms with Crippen LogP contribution in [0.5, 0.6) is 11.5 Å². The Kier molecular flexibility index (Phi) is 8.24. The Labute approximate surface area is 151 Å². The Hall–Kier alpha value is -2.25. The molecule has 1 rings (SSSR count). The van der Waals surface area contributed by atoms with Gasteiger partial charge >= 0.3 is 11.9 Å². The summed E-state index contributed by atoms with van der Waals surface area (Å²) in [4.78, 5) is 24.6. The lowest BCUT2D eigenvalue weighted by atomic mass is 9.90. The van der Waals surface area contributed by atoms with Gasteiger partial charge in [0, 0.05) is 7.11 Å². The van der Waals surface area contributed by atoms with Crippen LogP contribution in [0.25, 0.3) is 0 Å². The molecule has 7 nitrogen and oxygen atoms in total. The molecule has 0 saturated heterocycles. The highest BCUT2D eigenvalue weighted by Crippen LogP contribution is 2.40. The van der Waals surface area contributed by atoms with Crippen LogP contribution in [-0.4, -0.2) is 47.2 Å². The van der Waals surface area contributed by atoms with Gasteiger partial charge in [-0.15, -0.1) is 0 Å². The first-order valence-corrected chi connectivity index (χ1v) is 7.64. The summed E-state index contributed by atoms with van der Waals surface area (Å²) in [5.41, 5.74) is 0.495. The van der Waals surface area contributed by atoms with Gasteiger partial charge in [-0.1, -0.05) is 17.7 Å². The van der Waals surface area contributed by atoms with Crippen molar-refractivity contribution in [2.45, 2.75) is 12.8 Å². The zero-order valence-corrected chi connectivity index (χ0v) is 15.5. The monoisotopic (exact) mass is 372 g/mol. The maximum atomic E-state index is 12.5. The summed E-state index contributed by atoms with van der Waals surface area (Å²) >= 11 is 6.21. The highest BCUT2D eigenvalue weighted by Gasteiger charge is 2.32. The minimum Gasteiger partial charge on any atom is -0.493 e. The largest absolute Gasteiger partial charge is 0.493 e. The van der Waals surface area contributed by atoms with Crippen LogP contribution in [0.4, 0.5) is 0 Å². The summed E-state index contributed by atoms with van der Waals surface area (Å²) in [5.74, 6) is -1.78. The Morgan fingerprint density at radius 1 is 1.16 bits per heavy atom. The van der Waals surface area contributed by atoms with Gasteiger partial charge in [0.25, 0.3) is 0 Å². The van der Waals surface area contributed by atoms with E-state index in [1.54, 1.807) is 13.0 Å². The van der Waals surface area contributed by atoms with Crippen molar-refractivity contribution in [2.75, 3.05) is 35.2 Å². The molecule has 8 heteroatoms. The summed E-state index contributed by atoms with van der Waals surface area (Å²) in [6.07, 6.45) is 1.48. The quantitative estimate of drug-likeness (QED) is 0.394. The van der Waals surface area contributed by atoms with E-state index in [1.165, 1.54) is 40.6 Å². The molecule has 0 aromatic heterocycles. The minimum atomic E-state index is -1.06. The number of esters is 2. The summed E-state index contributed by atoms with van der Waals surface area (Å²) in [6, 6.07) is 3.06. The second-order valence-electron chi connectivity index (χ2n) is 4.78. The number of allylic oxidation sites excluding steroid dienone is 1. The lowest BCUT2D eigenvalue weighted by molar-refractivity contribution is -0.156. The van der Waals surface area contributed by atoms with E-state index in [1.807, 2.05) is 0 Å². The van der Waals surface area contributed by atoms with Gasteiger partial charge in [-0.2, -0.15) is 0 Å². The standard InChI is InChI=1S/C17H21ClO7/c1-6-11(16(19)24-5)14(17(20)25-9-21-2)10-7-12(18)15(23-4)13(8-10)22-3/h6-8,14H,9H2,1-5H3/b11-6+. The van der Waals surface area contributed by atoms with Crippen LogP contribution < -0.4 is 9.47 Å². The molecule has 0 N–H and O–H groups in total. The lowest BCUT2D eigenvalue weighted by Crippen LogP contribution is -2.24. The molecule has 0 aliphatic heterocycles. The molecule has 0 radical (unpaired) electrons. The zero-order chi connectivity index (χ0) is 19.0. The molecular weight excluding hydrogens is 352 g/mol. The topological polar surface area (TPSA) is 80.3 Å². The third kappa shape index (κ3) is 4.87. The van der Waals surface area contributed by atoms with Crippen LogP contribution in [-0.2, 0) is 23.8 Å². The van der Waals surface area contributed by atoms with Crippen LogP contribution in [0, 0.1) is 0 Å². The molecule has 0 fully saturated rings. The van der Waals surface area contributed by atoms with E-state index < -0.39 is 17.9 Å². The maximum Gasteiger partial charge on any atom is 0.334 e. The van der Waals surface area contributed by atoms with Gasteiger partial charge in [0.15, 0.2) is 18.3 Å². The normalized spacial score (nSPS) is 12.3. The molecular formula is C17H21ClO7. The van der Waals surface area contributed by atoms with Crippen molar-refractivity contribution >= 4 is 23.5 Å². The zero-order valence-electron chi connectivity index (χ0n) is 14.8. The van der Waals surface area contributed by atoms with Gasteiger partial charge in [0.05, 0.1) is 31.9 Å². The number of hydrogen-bond donors (Lipinski definition) is 0. The molecule has 0 amide bonds. The maximum absolute atomic E-state index is 12.5. The van der Waals surface area contributed by atoms with Gasteiger partial charge in [0.1, 0.15) is 5.92 Å². The highest BCUT2D eigenvalue weighted by atomic mass is 35.5. The number of ether oxygens (including phenoxy) is 5. The van der Waals surface area contributed by atoms with Gasteiger partial charge < -0.3 is 23.7 Å². The second kappa shape index (κ2) is 9.90. The number of rotatable bonds is 8. The summed E-state index contributed by atoms with van der Waals surface area (Å²) in [6.45, 7) is 1.36. The predicted octanol–water partition coefficient (Wildman–Crippen LogP) is 2.71. The number of benzene rings is 1. The van der Waals surface area contributed by atoms with Crippen molar-refractivity contribution in [1.29, 1.82) is 0 Å². The number of methoxy groups -OCH3 is 4. The van der Waals surface area contributed by atoms with E-state index in [9.17, 15) is 9.59 Å². The lowest BCUT2D eigenvalue weighted by Gasteiger charge is -2.20. The third-order valence-corrected chi connectivity index (χ3v) is 3.67. The first-order valence-electron chi connectivity index (χ1n) is 7.26. The molecule has 1 aromatic carbocycles. The smallest absolute Gasteiger partial charge is 0.334 e. The van der Waals surface area contributed by atoms with Gasteiger partial charge in [-0.05, 0) is 24.6 Å². The van der Waals surface area contributed by atoms with Gasteiger partial charge in [-0.3, -0.25) is 4.79 Å². The summed E-state index contributed by atoms with van der Waals surface area (Å²) in [7, 11) is 5.49. The number of hydrogen-bond acceptors (Lipinski definition) is 7. The molecule has 0 bridgehead atoms.